The average Bonchev–Trinajstić information content (AvgIpc) is 3.22. The van der Waals surface area contributed by atoms with E-state index in [0.29, 0.717) is 0 Å². The molecule has 0 unspecified atom stereocenters. The fourth-order valence-corrected chi connectivity index (χ4v) is 4.09. The van der Waals surface area contributed by atoms with Gasteiger partial charge in [0.15, 0.2) is 5.13 Å². The van der Waals surface area contributed by atoms with E-state index >= 15 is 0 Å². The van der Waals surface area contributed by atoms with Crippen LogP contribution in [0.5, 0.6) is 0 Å². The topological polar surface area (TPSA) is 32.3 Å². The van der Waals surface area contributed by atoms with Crippen molar-refractivity contribution in [2.24, 2.45) is 0 Å². The standard InChI is InChI=1S/C20H22N4S/c1-20(2)14-23(15-24(20)12-16-8-10-21-11-9-16)19-22-18(13-25-19)17-6-4-3-5-7-17/h3-11,13H,12,14-15H2,1-2H3. The Kier molecular flexibility index (Phi) is 4.27. The van der Waals surface area contributed by atoms with Crippen molar-refractivity contribution in [3.63, 3.8) is 0 Å². The molecule has 0 atom stereocenters. The summed E-state index contributed by atoms with van der Waals surface area (Å²) < 4.78 is 0. The molecule has 0 N–H and O–H groups in total. The number of hydrogen-bond acceptors (Lipinski definition) is 5. The number of pyridine rings is 1. The van der Waals surface area contributed by atoms with Gasteiger partial charge in [-0.15, -0.1) is 11.3 Å². The number of anilines is 1. The quantitative estimate of drug-likeness (QED) is 0.704. The molecule has 3 heterocycles. The number of hydrogen-bond donors (Lipinski definition) is 0. The molecule has 1 aliphatic heterocycles. The Morgan fingerprint density at radius 1 is 1.08 bits per heavy atom. The lowest BCUT2D eigenvalue weighted by Gasteiger charge is -2.29. The number of aromatic nitrogens is 2. The largest absolute Gasteiger partial charge is 0.333 e. The Bertz CT molecular complexity index is 829. The third-order valence-electron chi connectivity index (χ3n) is 4.73. The molecule has 128 valence electrons. The van der Waals surface area contributed by atoms with Crippen LogP contribution in [0.15, 0.2) is 60.2 Å². The highest BCUT2D eigenvalue weighted by Crippen LogP contribution is 2.33. The lowest BCUT2D eigenvalue weighted by molar-refractivity contribution is 0.175. The molecule has 0 saturated carbocycles. The summed E-state index contributed by atoms with van der Waals surface area (Å²) in [5.41, 5.74) is 3.65. The Hall–Kier alpha value is -2.24. The van der Waals surface area contributed by atoms with Crippen molar-refractivity contribution in [1.29, 1.82) is 0 Å². The molecular formula is C20H22N4S. The average molecular weight is 350 g/mol. The van der Waals surface area contributed by atoms with Gasteiger partial charge in [0.2, 0.25) is 0 Å². The van der Waals surface area contributed by atoms with Crippen molar-refractivity contribution in [2.75, 3.05) is 18.1 Å². The van der Waals surface area contributed by atoms with Crippen molar-refractivity contribution in [3.8, 4) is 11.3 Å². The van der Waals surface area contributed by atoms with Crippen molar-refractivity contribution < 1.29 is 0 Å². The van der Waals surface area contributed by atoms with Gasteiger partial charge in [0.25, 0.3) is 0 Å². The van der Waals surface area contributed by atoms with Crippen LogP contribution in [-0.4, -0.2) is 33.6 Å². The van der Waals surface area contributed by atoms with E-state index in [4.69, 9.17) is 4.98 Å². The molecule has 1 saturated heterocycles. The fourth-order valence-electron chi connectivity index (χ4n) is 3.27. The van der Waals surface area contributed by atoms with Gasteiger partial charge in [0, 0.05) is 42.0 Å². The number of rotatable bonds is 4. The van der Waals surface area contributed by atoms with Crippen LogP contribution >= 0.6 is 11.3 Å². The van der Waals surface area contributed by atoms with Crippen LogP contribution in [0.25, 0.3) is 11.3 Å². The predicted molar refractivity (Wildman–Crippen MR) is 104 cm³/mol. The number of thiazole rings is 1. The SMILES string of the molecule is CC1(C)CN(c2nc(-c3ccccc3)cs2)CN1Cc1ccncc1. The summed E-state index contributed by atoms with van der Waals surface area (Å²) in [6.45, 7) is 7.43. The Morgan fingerprint density at radius 2 is 1.84 bits per heavy atom. The van der Waals surface area contributed by atoms with Crippen molar-refractivity contribution in [3.05, 3.63) is 65.8 Å². The van der Waals surface area contributed by atoms with Gasteiger partial charge in [0.1, 0.15) is 0 Å². The first-order valence-electron chi connectivity index (χ1n) is 8.52. The molecule has 1 aliphatic rings. The Labute approximate surface area is 152 Å². The number of nitrogens with zero attached hydrogens (tertiary/aromatic N) is 4. The summed E-state index contributed by atoms with van der Waals surface area (Å²) in [6.07, 6.45) is 3.73. The van der Waals surface area contributed by atoms with E-state index in [2.05, 4.69) is 70.4 Å². The van der Waals surface area contributed by atoms with Gasteiger partial charge in [-0.1, -0.05) is 30.3 Å². The highest BCUT2D eigenvalue weighted by atomic mass is 32.1. The Balaban J connectivity index is 1.52. The fraction of sp³-hybridized carbons (Fsp3) is 0.300. The van der Waals surface area contributed by atoms with Crippen LogP contribution in [0.2, 0.25) is 0 Å². The molecule has 0 bridgehead atoms. The molecule has 0 radical (unpaired) electrons. The van der Waals surface area contributed by atoms with Crippen molar-refractivity contribution in [1.82, 2.24) is 14.9 Å². The summed E-state index contributed by atoms with van der Waals surface area (Å²) in [4.78, 5) is 13.9. The number of benzene rings is 1. The highest BCUT2D eigenvalue weighted by Gasteiger charge is 2.38. The van der Waals surface area contributed by atoms with E-state index in [1.807, 2.05) is 18.5 Å². The lowest BCUT2D eigenvalue weighted by atomic mass is 10.0. The summed E-state index contributed by atoms with van der Waals surface area (Å²) in [5, 5.41) is 3.26. The van der Waals surface area contributed by atoms with Crippen molar-refractivity contribution in [2.45, 2.75) is 25.9 Å². The Morgan fingerprint density at radius 3 is 2.60 bits per heavy atom. The maximum absolute atomic E-state index is 4.88. The molecule has 5 heteroatoms. The first-order chi connectivity index (χ1) is 12.1. The molecule has 25 heavy (non-hydrogen) atoms. The first-order valence-corrected chi connectivity index (χ1v) is 9.40. The summed E-state index contributed by atoms with van der Waals surface area (Å²) in [5.74, 6) is 0. The van der Waals surface area contributed by atoms with Crippen molar-refractivity contribution >= 4 is 16.5 Å². The highest BCUT2D eigenvalue weighted by molar-refractivity contribution is 7.14. The van der Waals surface area contributed by atoms with E-state index in [1.54, 1.807) is 11.3 Å². The van der Waals surface area contributed by atoms with E-state index in [9.17, 15) is 0 Å². The molecule has 4 nitrogen and oxygen atoms in total. The third kappa shape index (κ3) is 3.43. The van der Waals surface area contributed by atoms with E-state index in [-0.39, 0.29) is 5.54 Å². The zero-order valence-corrected chi connectivity index (χ0v) is 15.4. The molecule has 1 fully saturated rings. The monoisotopic (exact) mass is 350 g/mol. The van der Waals surface area contributed by atoms with Crippen LogP contribution in [0.3, 0.4) is 0 Å². The predicted octanol–water partition coefficient (Wildman–Crippen LogP) is 4.26. The molecule has 0 spiro atoms. The van der Waals surface area contributed by atoms with Gasteiger partial charge in [0.05, 0.1) is 12.4 Å². The minimum Gasteiger partial charge on any atom is -0.333 e. The second-order valence-corrected chi connectivity index (χ2v) is 7.92. The summed E-state index contributed by atoms with van der Waals surface area (Å²) >= 11 is 1.73. The van der Waals surface area contributed by atoms with E-state index in [1.165, 1.54) is 11.1 Å². The summed E-state index contributed by atoms with van der Waals surface area (Å²) in [6, 6.07) is 14.6. The van der Waals surface area contributed by atoms with Gasteiger partial charge < -0.3 is 4.90 Å². The maximum atomic E-state index is 4.88. The van der Waals surface area contributed by atoms with E-state index in [0.717, 1.165) is 30.6 Å². The van der Waals surface area contributed by atoms with Crippen LogP contribution in [-0.2, 0) is 6.54 Å². The zero-order chi connectivity index (χ0) is 17.3. The minimum atomic E-state index is 0.113. The molecule has 1 aromatic carbocycles. The summed E-state index contributed by atoms with van der Waals surface area (Å²) in [7, 11) is 0. The minimum absolute atomic E-state index is 0.113. The molecule has 0 aliphatic carbocycles. The first kappa shape index (κ1) is 16.2. The third-order valence-corrected chi connectivity index (χ3v) is 5.63. The van der Waals surface area contributed by atoms with Crippen LogP contribution in [0, 0.1) is 0 Å². The molecular weight excluding hydrogens is 328 g/mol. The smallest absolute Gasteiger partial charge is 0.186 e. The van der Waals surface area contributed by atoms with Crippen LogP contribution < -0.4 is 4.90 Å². The molecule has 0 amide bonds. The normalized spacial score (nSPS) is 17.1. The molecule has 3 aromatic rings. The van der Waals surface area contributed by atoms with Gasteiger partial charge in [-0.2, -0.15) is 0 Å². The van der Waals surface area contributed by atoms with E-state index < -0.39 is 0 Å². The second-order valence-electron chi connectivity index (χ2n) is 7.09. The van der Waals surface area contributed by atoms with Crippen LogP contribution in [0.4, 0.5) is 5.13 Å². The van der Waals surface area contributed by atoms with Gasteiger partial charge in [-0.3, -0.25) is 9.88 Å². The van der Waals surface area contributed by atoms with Gasteiger partial charge in [-0.05, 0) is 31.5 Å². The van der Waals surface area contributed by atoms with Gasteiger partial charge in [-0.25, -0.2) is 4.98 Å². The van der Waals surface area contributed by atoms with Crippen LogP contribution in [0.1, 0.15) is 19.4 Å². The maximum Gasteiger partial charge on any atom is 0.186 e. The lowest BCUT2D eigenvalue weighted by Crippen LogP contribution is -2.39. The van der Waals surface area contributed by atoms with Gasteiger partial charge >= 0.3 is 0 Å². The zero-order valence-electron chi connectivity index (χ0n) is 14.6. The molecule has 2 aromatic heterocycles. The molecule has 4 rings (SSSR count). The second kappa shape index (κ2) is 6.58.